The molecule has 0 bridgehead atoms. The van der Waals surface area contributed by atoms with Crippen LogP contribution >= 0.6 is 0 Å². The van der Waals surface area contributed by atoms with E-state index < -0.39 is 0 Å². The van der Waals surface area contributed by atoms with E-state index in [0.29, 0.717) is 12.0 Å². The number of methoxy groups -OCH3 is 1. The van der Waals surface area contributed by atoms with Crippen molar-refractivity contribution in [3.8, 4) is 0 Å². The average Bonchev–Trinajstić information content (AvgIpc) is 2.16. The first kappa shape index (κ1) is 15.2. The summed E-state index contributed by atoms with van der Waals surface area (Å²) in [6.07, 6.45) is 1.09. The van der Waals surface area contributed by atoms with Crippen LogP contribution < -0.4 is 10.6 Å². The zero-order chi connectivity index (χ0) is 12.4. The Morgan fingerprint density at radius 1 is 1.25 bits per heavy atom. The molecule has 4 heteroatoms. The molecule has 0 spiro atoms. The fraction of sp³-hybridized carbons (Fsp3) is 0.917. The standard InChI is InChI=1S/C12H27N3O/c1-6-13-11(15-9-10-16-5)14-8-7-12(2,3)4/h6-10H2,1-5H3,(H2,13,14,15). The third-order valence-electron chi connectivity index (χ3n) is 2.07. The zero-order valence-corrected chi connectivity index (χ0v) is 11.4. The van der Waals surface area contributed by atoms with Crippen molar-refractivity contribution >= 4 is 5.96 Å². The van der Waals surface area contributed by atoms with E-state index in [1.165, 1.54) is 0 Å². The van der Waals surface area contributed by atoms with E-state index in [1.54, 1.807) is 7.11 Å². The van der Waals surface area contributed by atoms with Crippen LogP contribution in [-0.2, 0) is 4.74 Å². The largest absolute Gasteiger partial charge is 0.383 e. The van der Waals surface area contributed by atoms with Gasteiger partial charge in [0.05, 0.1) is 6.61 Å². The molecule has 0 aromatic heterocycles. The molecule has 2 N–H and O–H groups in total. The summed E-state index contributed by atoms with van der Waals surface area (Å²) in [7, 11) is 1.70. The summed E-state index contributed by atoms with van der Waals surface area (Å²) in [5.74, 6) is 0.879. The van der Waals surface area contributed by atoms with Gasteiger partial charge in [-0.25, -0.2) is 0 Å². The molecule has 0 aliphatic carbocycles. The Morgan fingerprint density at radius 3 is 2.44 bits per heavy atom. The monoisotopic (exact) mass is 229 g/mol. The first-order chi connectivity index (χ1) is 7.49. The molecule has 0 rings (SSSR count). The first-order valence-electron chi connectivity index (χ1n) is 6.00. The number of hydrogen-bond acceptors (Lipinski definition) is 2. The van der Waals surface area contributed by atoms with E-state index in [-0.39, 0.29) is 0 Å². The van der Waals surface area contributed by atoms with E-state index in [1.807, 2.05) is 0 Å². The summed E-state index contributed by atoms with van der Waals surface area (Å²) in [4.78, 5) is 4.51. The van der Waals surface area contributed by atoms with Gasteiger partial charge in [0.15, 0.2) is 5.96 Å². The number of ether oxygens (including phenoxy) is 1. The van der Waals surface area contributed by atoms with Crippen LogP contribution in [0.15, 0.2) is 4.99 Å². The Hall–Kier alpha value is -0.770. The van der Waals surface area contributed by atoms with Gasteiger partial charge in [-0.2, -0.15) is 0 Å². The highest BCUT2D eigenvalue weighted by molar-refractivity contribution is 5.79. The molecular weight excluding hydrogens is 202 g/mol. The molecule has 0 unspecified atom stereocenters. The van der Waals surface area contributed by atoms with Crippen molar-refractivity contribution < 1.29 is 4.74 Å². The Balaban J connectivity index is 3.93. The molecule has 0 aromatic carbocycles. The maximum Gasteiger partial charge on any atom is 0.191 e. The SMILES string of the molecule is CCNC(=NCCC(C)(C)C)NCCOC. The minimum atomic E-state index is 0.341. The number of rotatable bonds is 6. The summed E-state index contributed by atoms with van der Waals surface area (Å²) in [6, 6.07) is 0. The molecule has 0 amide bonds. The predicted octanol–water partition coefficient (Wildman–Crippen LogP) is 1.62. The van der Waals surface area contributed by atoms with Gasteiger partial charge in [0, 0.05) is 26.7 Å². The van der Waals surface area contributed by atoms with E-state index in [9.17, 15) is 0 Å². The van der Waals surface area contributed by atoms with Crippen LogP contribution in [0, 0.1) is 5.41 Å². The predicted molar refractivity (Wildman–Crippen MR) is 69.9 cm³/mol. The lowest BCUT2D eigenvalue weighted by atomic mass is 9.93. The lowest BCUT2D eigenvalue weighted by molar-refractivity contribution is 0.203. The highest BCUT2D eigenvalue weighted by atomic mass is 16.5. The van der Waals surface area contributed by atoms with Crippen LogP contribution in [0.25, 0.3) is 0 Å². The van der Waals surface area contributed by atoms with Crippen molar-refractivity contribution in [3.05, 3.63) is 0 Å². The second-order valence-corrected chi connectivity index (χ2v) is 4.99. The number of aliphatic imine (C=N–C) groups is 1. The molecule has 0 aliphatic heterocycles. The summed E-state index contributed by atoms with van der Waals surface area (Å²) >= 11 is 0. The molecule has 96 valence electrons. The van der Waals surface area contributed by atoms with Crippen LogP contribution in [0.1, 0.15) is 34.1 Å². The van der Waals surface area contributed by atoms with E-state index in [0.717, 1.165) is 32.0 Å². The van der Waals surface area contributed by atoms with E-state index in [4.69, 9.17) is 4.74 Å². The fourth-order valence-corrected chi connectivity index (χ4v) is 1.12. The van der Waals surface area contributed by atoms with Gasteiger partial charge < -0.3 is 15.4 Å². The van der Waals surface area contributed by atoms with Gasteiger partial charge in [-0.05, 0) is 18.8 Å². The Bertz CT molecular complexity index is 197. The van der Waals surface area contributed by atoms with Gasteiger partial charge in [-0.3, -0.25) is 4.99 Å². The van der Waals surface area contributed by atoms with Gasteiger partial charge in [0.2, 0.25) is 0 Å². The summed E-state index contributed by atoms with van der Waals surface area (Å²) in [6.45, 7) is 12.0. The molecular formula is C12H27N3O. The summed E-state index contributed by atoms with van der Waals surface area (Å²) in [5, 5.41) is 6.43. The highest BCUT2D eigenvalue weighted by Gasteiger charge is 2.08. The van der Waals surface area contributed by atoms with Crippen LogP contribution in [0.5, 0.6) is 0 Å². The van der Waals surface area contributed by atoms with Gasteiger partial charge in [0.1, 0.15) is 0 Å². The second kappa shape index (κ2) is 8.39. The third-order valence-corrected chi connectivity index (χ3v) is 2.07. The van der Waals surface area contributed by atoms with Gasteiger partial charge in [-0.1, -0.05) is 20.8 Å². The Kier molecular flexibility index (Phi) is 7.99. The van der Waals surface area contributed by atoms with Crippen molar-refractivity contribution in [3.63, 3.8) is 0 Å². The van der Waals surface area contributed by atoms with Crippen molar-refractivity contribution in [1.29, 1.82) is 0 Å². The molecule has 0 aliphatic rings. The van der Waals surface area contributed by atoms with Gasteiger partial charge in [-0.15, -0.1) is 0 Å². The minimum absolute atomic E-state index is 0.341. The highest BCUT2D eigenvalue weighted by Crippen LogP contribution is 2.17. The van der Waals surface area contributed by atoms with Crippen molar-refractivity contribution in [2.45, 2.75) is 34.1 Å². The summed E-state index contributed by atoms with van der Waals surface area (Å²) < 4.78 is 4.98. The molecule has 0 aromatic rings. The lowest BCUT2D eigenvalue weighted by Crippen LogP contribution is -2.39. The summed E-state index contributed by atoms with van der Waals surface area (Å²) in [5.41, 5.74) is 0.341. The van der Waals surface area contributed by atoms with Crippen LogP contribution in [0.3, 0.4) is 0 Å². The third kappa shape index (κ3) is 9.77. The normalized spacial score (nSPS) is 12.7. The topological polar surface area (TPSA) is 45.7 Å². The number of guanidine groups is 1. The Labute approximate surface area is 99.9 Å². The minimum Gasteiger partial charge on any atom is -0.383 e. The van der Waals surface area contributed by atoms with Crippen LogP contribution in [0.4, 0.5) is 0 Å². The van der Waals surface area contributed by atoms with Crippen LogP contribution in [-0.4, -0.2) is 39.3 Å². The maximum atomic E-state index is 4.98. The van der Waals surface area contributed by atoms with E-state index >= 15 is 0 Å². The molecule has 0 saturated heterocycles. The quantitative estimate of drug-likeness (QED) is 0.413. The first-order valence-corrected chi connectivity index (χ1v) is 6.00. The zero-order valence-electron chi connectivity index (χ0n) is 11.4. The number of hydrogen-bond donors (Lipinski definition) is 2. The lowest BCUT2D eigenvalue weighted by Gasteiger charge is -2.17. The molecule has 0 saturated carbocycles. The molecule has 16 heavy (non-hydrogen) atoms. The van der Waals surface area contributed by atoms with Gasteiger partial charge in [0.25, 0.3) is 0 Å². The average molecular weight is 229 g/mol. The smallest absolute Gasteiger partial charge is 0.191 e. The molecule has 0 radical (unpaired) electrons. The number of nitrogens with one attached hydrogen (secondary N) is 2. The van der Waals surface area contributed by atoms with E-state index in [2.05, 4.69) is 43.3 Å². The molecule has 0 atom stereocenters. The van der Waals surface area contributed by atoms with Crippen LogP contribution in [0.2, 0.25) is 0 Å². The molecule has 0 heterocycles. The molecule has 4 nitrogen and oxygen atoms in total. The molecule has 0 fully saturated rings. The maximum absolute atomic E-state index is 4.98. The van der Waals surface area contributed by atoms with Crippen molar-refractivity contribution in [2.24, 2.45) is 10.4 Å². The van der Waals surface area contributed by atoms with Crippen molar-refractivity contribution in [1.82, 2.24) is 10.6 Å². The number of nitrogens with zero attached hydrogens (tertiary/aromatic N) is 1. The second-order valence-electron chi connectivity index (χ2n) is 4.99. The Morgan fingerprint density at radius 2 is 1.94 bits per heavy atom. The van der Waals surface area contributed by atoms with Gasteiger partial charge >= 0.3 is 0 Å². The van der Waals surface area contributed by atoms with Crippen molar-refractivity contribution in [2.75, 3.05) is 33.4 Å². The fourth-order valence-electron chi connectivity index (χ4n) is 1.12.